The maximum atomic E-state index is 13.3. The zero-order chi connectivity index (χ0) is 19.6. The lowest BCUT2D eigenvalue weighted by Crippen LogP contribution is -2.24. The van der Waals surface area contributed by atoms with Crippen molar-refractivity contribution in [2.45, 2.75) is 13.1 Å². The molecule has 3 aromatic rings. The summed E-state index contributed by atoms with van der Waals surface area (Å²) in [5.41, 5.74) is 2.05. The minimum atomic E-state index is -4.63. The van der Waals surface area contributed by atoms with Crippen molar-refractivity contribution in [2.24, 2.45) is 0 Å². The zero-order valence-corrected chi connectivity index (χ0v) is 14.5. The zero-order valence-electron chi connectivity index (χ0n) is 13.8. The number of alkyl halides is 3. The molecule has 10 heteroatoms. The third-order valence-electron chi connectivity index (χ3n) is 3.54. The molecule has 3 rings (SSSR count). The fourth-order valence-corrected chi connectivity index (χ4v) is 2.67. The first kappa shape index (κ1) is 18.7. The average Bonchev–Trinajstić information content (AvgIpc) is 3.13. The van der Waals surface area contributed by atoms with Crippen LogP contribution >= 0.6 is 11.6 Å². The van der Waals surface area contributed by atoms with Gasteiger partial charge in [0, 0.05) is 6.92 Å². The van der Waals surface area contributed by atoms with Crippen LogP contribution in [0.5, 0.6) is 5.75 Å². The predicted octanol–water partition coefficient (Wildman–Crippen LogP) is 4.04. The first-order valence-corrected chi connectivity index (χ1v) is 7.95. The fourth-order valence-electron chi connectivity index (χ4n) is 2.45. The second-order valence-corrected chi connectivity index (χ2v) is 5.86. The minimum Gasteiger partial charge on any atom is -0.379 e. The van der Waals surface area contributed by atoms with E-state index in [1.165, 1.54) is 36.1 Å². The van der Waals surface area contributed by atoms with Gasteiger partial charge in [-0.25, -0.2) is 4.68 Å². The van der Waals surface area contributed by atoms with E-state index in [9.17, 15) is 18.0 Å². The summed E-state index contributed by atoms with van der Waals surface area (Å²) in [6.07, 6.45) is -1.68. The van der Waals surface area contributed by atoms with Crippen molar-refractivity contribution in [3.8, 4) is 22.6 Å². The number of amides is 1. The maximum Gasteiger partial charge on any atom is 0.417 e. The molecule has 0 aliphatic heterocycles. The van der Waals surface area contributed by atoms with Gasteiger partial charge in [-0.3, -0.25) is 4.79 Å². The second-order valence-electron chi connectivity index (χ2n) is 5.45. The minimum absolute atomic E-state index is 0.133. The smallest absolute Gasteiger partial charge is 0.379 e. The summed E-state index contributed by atoms with van der Waals surface area (Å²) in [5, 5.41) is 7.16. The Morgan fingerprint density at radius 1 is 1.26 bits per heavy atom. The summed E-state index contributed by atoms with van der Waals surface area (Å²) < 4.78 is 41.2. The molecule has 6 nitrogen and oxygen atoms in total. The predicted molar refractivity (Wildman–Crippen MR) is 91.3 cm³/mol. The molecule has 1 aromatic heterocycles. The highest BCUT2D eigenvalue weighted by atomic mass is 35.5. The van der Waals surface area contributed by atoms with Crippen LogP contribution in [0.15, 0.2) is 48.8 Å². The van der Waals surface area contributed by atoms with Gasteiger partial charge in [-0.15, -0.1) is 5.10 Å². The molecule has 0 spiro atoms. The van der Waals surface area contributed by atoms with Crippen LogP contribution in [0.1, 0.15) is 12.5 Å². The standard InChI is InChI=1S/C17H12ClF3N4O2/c1-10(26)23-27-15-4-2-3-14(25-8-7-22-24-25)16(15)11-5-6-13(18)12(9-11)17(19,20)21/h2-9H,1H3,(H,23,26). The van der Waals surface area contributed by atoms with Crippen LogP contribution in [0.3, 0.4) is 0 Å². The van der Waals surface area contributed by atoms with Crippen LogP contribution in [0.4, 0.5) is 13.2 Å². The van der Waals surface area contributed by atoms with E-state index in [0.29, 0.717) is 5.69 Å². The highest BCUT2D eigenvalue weighted by molar-refractivity contribution is 6.31. The van der Waals surface area contributed by atoms with Gasteiger partial charge in [-0.2, -0.15) is 18.7 Å². The lowest BCUT2D eigenvalue weighted by molar-refractivity contribution is -0.137. The van der Waals surface area contributed by atoms with Gasteiger partial charge in [-0.1, -0.05) is 28.9 Å². The molecule has 0 bridgehead atoms. The normalized spacial score (nSPS) is 11.3. The number of hydrogen-bond acceptors (Lipinski definition) is 4. The molecule has 0 saturated heterocycles. The largest absolute Gasteiger partial charge is 0.417 e. The molecule has 2 aromatic carbocycles. The molecular formula is C17H12ClF3N4O2. The Hall–Kier alpha value is -3.07. The molecule has 140 valence electrons. The number of benzene rings is 2. The molecule has 1 heterocycles. The van der Waals surface area contributed by atoms with Crippen molar-refractivity contribution >= 4 is 17.5 Å². The van der Waals surface area contributed by atoms with Gasteiger partial charge >= 0.3 is 6.18 Å². The average molecular weight is 397 g/mol. The molecule has 1 amide bonds. The van der Waals surface area contributed by atoms with Gasteiger partial charge in [0.1, 0.15) is 0 Å². The Morgan fingerprint density at radius 2 is 2.04 bits per heavy atom. The number of hydroxylamine groups is 1. The van der Waals surface area contributed by atoms with E-state index in [0.717, 1.165) is 12.1 Å². The van der Waals surface area contributed by atoms with E-state index in [1.54, 1.807) is 12.1 Å². The van der Waals surface area contributed by atoms with Crippen LogP contribution in [0, 0.1) is 0 Å². The third kappa shape index (κ3) is 4.03. The summed E-state index contributed by atoms with van der Waals surface area (Å²) in [5.74, 6) is -0.340. The summed E-state index contributed by atoms with van der Waals surface area (Å²) in [6.45, 7) is 1.24. The first-order valence-electron chi connectivity index (χ1n) is 7.57. The number of hydrogen-bond donors (Lipinski definition) is 1. The van der Waals surface area contributed by atoms with Crippen molar-refractivity contribution in [1.82, 2.24) is 20.5 Å². The molecule has 0 aliphatic carbocycles. The Kier molecular flexibility index (Phi) is 5.04. The van der Waals surface area contributed by atoms with Gasteiger partial charge < -0.3 is 4.84 Å². The van der Waals surface area contributed by atoms with E-state index in [-0.39, 0.29) is 16.9 Å². The van der Waals surface area contributed by atoms with Crippen molar-refractivity contribution in [2.75, 3.05) is 0 Å². The van der Waals surface area contributed by atoms with Crippen LogP contribution in [-0.4, -0.2) is 20.9 Å². The quantitative estimate of drug-likeness (QED) is 0.676. The van der Waals surface area contributed by atoms with E-state index in [4.69, 9.17) is 16.4 Å². The summed E-state index contributed by atoms with van der Waals surface area (Å²) in [4.78, 5) is 16.5. The van der Waals surface area contributed by atoms with E-state index >= 15 is 0 Å². The van der Waals surface area contributed by atoms with Crippen LogP contribution in [0.25, 0.3) is 16.8 Å². The Bertz CT molecular complexity index is 975. The van der Waals surface area contributed by atoms with Crippen LogP contribution in [0.2, 0.25) is 5.02 Å². The van der Waals surface area contributed by atoms with E-state index < -0.39 is 22.7 Å². The number of carbonyl (C=O) groups excluding carboxylic acids is 1. The lowest BCUT2D eigenvalue weighted by Gasteiger charge is -2.17. The number of halogens is 4. The summed E-state index contributed by atoms with van der Waals surface area (Å²) in [7, 11) is 0. The van der Waals surface area contributed by atoms with Gasteiger partial charge in [0.05, 0.1) is 34.2 Å². The van der Waals surface area contributed by atoms with Crippen molar-refractivity contribution in [1.29, 1.82) is 0 Å². The molecule has 0 fully saturated rings. The number of carbonyl (C=O) groups is 1. The number of aromatic nitrogens is 3. The van der Waals surface area contributed by atoms with E-state index in [2.05, 4.69) is 15.8 Å². The first-order chi connectivity index (χ1) is 12.8. The molecule has 1 N–H and O–H groups in total. The molecule has 27 heavy (non-hydrogen) atoms. The van der Waals surface area contributed by atoms with Crippen molar-refractivity contribution < 1.29 is 22.8 Å². The molecule has 0 radical (unpaired) electrons. The van der Waals surface area contributed by atoms with Crippen LogP contribution in [-0.2, 0) is 11.0 Å². The van der Waals surface area contributed by atoms with Crippen molar-refractivity contribution in [3.05, 3.63) is 59.4 Å². The molecule has 0 saturated carbocycles. The van der Waals surface area contributed by atoms with Crippen LogP contribution < -0.4 is 10.3 Å². The van der Waals surface area contributed by atoms with Gasteiger partial charge in [0.2, 0.25) is 5.91 Å². The molecule has 0 unspecified atom stereocenters. The van der Waals surface area contributed by atoms with Gasteiger partial charge in [0.15, 0.2) is 5.75 Å². The highest BCUT2D eigenvalue weighted by Crippen LogP contribution is 2.41. The Morgan fingerprint density at radius 3 is 2.67 bits per heavy atom. The maximum absolute atomic E-state index is 13.3. The lowest BCUT2D eigenvalue weighted by atomic mass is 10.00. The summed E-state index contributed by atoms with van der Waals surface area (Å²) in [6, 6.07) is 8.24. The highest BCUT2D eigenvalue weighted by Gasteiger charge is 2.34. The number of rotatable bonds is 4. The third-order valence-corrected chi connectivity index (χ3v) is 3.87. The Labute approximate surface area is 156 Å². The van der Waals surface area contributed by atoms with Gasteiger partial charge in [0.25, 0.3) is 0 Å². The monoisotopic (exact) mass is 396 g/mol. The Balaban J connectivity index is 2.22. The fraction of sp³-hybridized carbons (Fsp3) is 0.118. The SMILES string of the molecule is CC(=O)NOc1cccc(-n2ccnn2)c1-c1ccc(Cl)c(C(F)(F)F)c1. The van der Waals surface area contributed by atoms with E-state index in [1.807, 2.05) is 0 Å². The number of nitrogens with one attached hydrogen (secondary N) is 1. The second kappa shape index (κ2) is 7.28. The molecule has 0 atom stereocenters. The molecular weight excluding hydrogens is 385 g/mol. The van der Waals surface area contributed by atoms with Gasteiger partial charge in [-0.05, 0) is 29.8 Å². The summed E-state index contributed by atoms with van der Waals surface area (Å²) >= 11 is 5.71. The number of nitrogens with zero attached hydrogens (tertiary/aromatic N) is 3. The molecule has 0 aliphatic rings. The van der Waals surface area contributed by atoms with Crippen molar-refractivity contribution in [3.63, 3.8) is 0 Å². The topological polar surface area (TPSA) is 69.0 Å².